The lowest BCUT2D eigenvalue weighted by molar-refractivity contribution is -0.134. The lowest BCUT2D eigenvalue weighted by Gasteiger charge is -2.34. The molecule has 2 aliphatic heterocycles. The number of allylic oxidation sites excluding steroid dienone is 2. The highest BCUT2D eigenvalue weighted by Crippen LogP contribution is 2.46. The Bertz CT molecular complexity index is 689. The molecule has 1 amide bonds. The van der Waals surface area contributed by atoms with Crippen LogP contribution in [0.15, 0.2) is 23.9 Å². The number of rotatable bonds is 6. The summed E-state index contributed by atoms with van der Waals surface area (Å²) in [7, 11) is 1.94. The van der Waals surface area contributed by atoms with Gasteiger partial charge in [0.05, 0.1) is 5.41 Å². The molecule has 150 valence electrons. The van der Waals surface area contributed by atoms with Gasteiger partial charge < -0.3 is 15.7 Å². The molecule has 2 saturated heterocycles. The van der Waals surface area contributed by atoms with Gasteiger partial charge in [0.1, 0.15) is 0 Å². The van der Waals surface area contributed by atoms with Crippen molar-refractivity contribution >= 4 is 11.9 Å². The van der Waals surface area contributed by atoms with E-state index in [0.29, 0.717) is 18.6 Å². The summed E-state index contributed by atoms with van der Waals surface area (Å²) in [6.07, 6.45) is 9.00. The highest BCUT2D eigenvalue weighted by Gasteiger charge is 2.54. The lowest BCUT2D eigenvalue weighted by Crippen LogP contribution is -2.48. The molecular formula is C20H32N4O3. The van der Waals surface area contributed by atoms with E-state index in [-0.39, 0.29) is 11.3 Å². The van der Waals surface area contributed by atoms with Crippen molar-refractivity contribution in [3.63, 3.8) is 0 Å². The van der Waals surface area contributed by atoms with Gasteiger partial charge in [0.15, 0.2) is 0 Å². The van der Waals surface area contributed by atoms with Gasteiger partial charge in [-0.2, -0.15) is 5.10 Å². The van der Waals surface area contributed by atoms with Gasteiger partial charge in [-0.05, 0) is 45.6 Å². The van der Waals surface area contributed by atoms with Crippen LogP contribution in [-0.2, 0) is 23.1 Å². The first-order chi connectivity index (χ1) is 12.7. The summed E-state index contributed by atoms with van der Waals surface area (Å²) in [5.41, 5.74) is 2.18. The van der Waals surface area contributed by atoms with Gasteiger partial charge >= 0.3 is 0 Å². The number of amides is 1. The number of fused-ring (bicyclic) bond motifs is 2. The number of aliphatic carboxylic acids is 1. The van der Waals surface area contributed by atoms with Crippen LogP contribution in [0.2, 0.25) is 0 Å². The molecule has 3 heterocycles. The minimum atomic E-state index is -0.833. The smallest absolute Gasteiger partial charge is 0.300 e. The third-order valence-electron chi connectivity index (χ3n) is 5.43. The van der Waals surface area contributed by atoms with Crippen LogP contribution in [0.5, 0.6) is 0 Å². The zero-order valence-electron chi connectivity index (χ0n) is 16.8. The number of hydrogen-bond acceptors (Lipinski definition) is 4. The number of nitrogens with one attached hydrogen (secondary N) is 2. The van der Waals surface area contributed by atoms with Gasteiger partial charge in [0.2, 0.25) is 5.91 Å². The maximum atomic E-state index is 13.0. The van der Waals surface area contributed by atoms with Gasteiger partial charge in [-0.3, -0.25) is 14.3 Å². The van der Waals surface area contributed by atoms with Crippen LogP contribution in [0.25, 0.3) is 0 Å². The van der Waals surface area contributed by atoms with E-state index in [1.54, 1.807) is 6.20 Å². The van der Waals surface area contributed by atoms with E-state index in [9.17, 15) is 4.79 Å². The Morgan fingerprint density at radius 1 is 1.41 bits per heavy atom. The van der Waals surface area contributed by atoms with Crippen LogP contribution in [0.3, 0.4) is 0 Å². The molecule has 0 spiro atoms. The van der Waals surface area contributed by atoms with E-state index in [1.807, 2.05) is 17.8 Å². The number of aryl methyl sites for hydroxylation is 1. The standard InChI is InChI=1S/C18H28N4O.C2H4O2/c1-13(2)6-9-18(12-14-4-5-16(18)21-14)17(23)19-10-7-15-8-11-20-22(15)3;1-2(3)4/h6,8,11,14,16,21H,4-5,7,9-10,12H2,1-3H3,(H,19,23);1H3,(H,3,4)/t14-,16+,18+;/m0./s1. The maximum absolute atomic E-state index is 13.0. The SMILES string of the molecule is CC(=O)O.CC(C)=CC[C@@]1(C(=O)NCCc2ccnn2C)C[C@@H]2CC[C@H]1N2. The molecule has 1 aromatic heterocycles. The van der Waals surface area contributed by atoms with Gasteiger partial charge in [-0.1, -0.05) is 11.6 Å². The Morgan fingerprint density at radius 2 is 2.11 bits per heavy atom. The molecule has 0 radical (unpaired) electrons. The number of carboxylic acid groups (broad SMARTS) is 1. The quantitative estimate of drug-likeness (QED) is 0.660. The molecular weight excluding hydrogens is 344 g/mol. The minimum Gasteiger partial charge on any atom is -0.481 e. The van der Waals surface area contributed by atoms with E-state index in [4.69, 9.17) is 9.90 Å². The Labute approximate surface area is 161 Å². The number of nitrogens with zero attached hydrogens (tertiary/aromatic N) is 2. The minimum absolute atomic E-state index is 0.219. The van der Waals surface area contributed by atoms with Crippen molar-refractivity contribution in [1.29, 1.82) is 0 Å². The molecule has 2 fully saturated rings. The topological polar surface area (TPSA) is 96.2 Å². The average molecular weight is 377 g/mol. The monoisotopic (exact) mass is 376 g/mol. The fourth-order valence-corrected chi connectivity index (χ4v) is 4.08. The van der Waals surface area contributed by atoms with E-state index in [2.05, 4.69) is 35.7 Å². The third kappa shape index (κ3) is 5.42. The summed E-state index contributed by atoms with van der Waals surface area (Å²) >= 11 is 0. The molecule has 3 atom stereocenters. The lowest BCUT2D eigenvalue weighted by atomic mass is 9.70. The zero-order valence-corrected chi connectivity index (χ0v) is 16.8. The van der Waals surface area contributed by atoms with Crippen molar-refractivity contribution < 1.29 is 14.7 Å². The van der Waals surface area contributed by atoms with E-state index in [1.165, 1.54) is 12.0 Å². The Balaban J connectivity index is 0.000000596. The average Bonchev–Trinajstić information content (AvgIpc) is 3.29. The second-order valence-electron chi connectivity index (χ2n) is 7.81. The summed E-state index contributed by atoms with van der Waals surface area (Å²) < 4.78 is 1.87. The molecule has 7 heteroatoms. The highest BCUT2D eigenvalue weighted by atomic mass is 16.4. The first-order valence-corrected chi connectivity index (χ1v) is 9.58. The maximum Gasteiger partial charge on any atom is 0.300 e. The van der Waals surface area contributed by atoms with Crippen LogP contribution < -0.4 is 10.6 Å². The molecule has 1 aromatic rings. The molecule has 0 unspecified atom stereocenters. The molecule has 0 aliphatic carbocycles. The van der Waals surface area contributed by atoms with E-state index in [0.717, 1.165) is 38.3 Å². The van der Waals surface area contributed by atoms with Crippen LogP contribution >= 0.6 is 0 Å². The Kier molecular flexibility index (Phi) is 7.18. The third-order valence-corrected chi connectivity index (χ3v) is 5.43. The van der Waals surface area contributed by atoms with Crippen molar-refractivity contribution in [3.8, 4) is 0 Å². The summed E-state index contributed by atoms with van der Waals surface area (Å²) in [6.45, 7) is 5.97. The summed E-state index contributed by atoms with van der Waals surface area (Å²) in [5.74, 6) is -0.614. The number of carboxylic acids is 1. The van der Waals surface area contributed by atoms with Crippen molar-refractivity contribution in [2.24, 2.45) is 12.5 Å². The normalized spacial score (nSPS) is 25.5. The van der Waals surface area contributed by atoms with Crippen LogP contribution in [0.4, 0.5) is 0 Å². The van der Waals surface area contributed by atoms with Crippen molar-refractivity contribution in [2.45, 2.75) is 65.0 Å². The van der Waals surface area contributed by atoms with Gasteiger partial charge in [0.25, 0.3) is 5.97 Å². The molecule has 2 aliphatic rings. The predicted octanol–water partition coefficient (Wildman–Crippen LogP) is 2.04. The Morgan fingerprint density at radius 3 is 2.59 bits per heavy atom. The molecule has 3 N–H and O–H groups in total. The molecule has 2 bridgehead atoms. The summed E-state index contributed by atoms with van der Waals surface area (Å²) in [6, 6.07) is 2.86. The molecule has 3 rings (SSSR count). The fraction of sp³-hybridized carbons (Fsp3) is 0.650. The second-order valence-corrected chi connectivity index (χ2v) is 7.81. The highest BCUT2D eigenvalue weighted by molar-refractivity contribution is 5.84. The molecule has 0 saturated carbocycles. The molecule has 0 aromatic carbocycles. The summed E-state index contributed by atoms with van der Waals surface area (Å²) in [5, 5.41) is 18.4. The van der Waals surface area contributed by atoms with Crippen LogP contribution in [-0.4, -0.2) is 45.4 Å². The number of carbonyl (C=O) groups is 2. The molecule has 7 nitrogen and oxygen atoms in total. The fourth-order valence-electron chi connectivity index (χ4n) is 4.08. The van der Waals surface area contributed by atoms with E-state index < -0.39 is 5.97 Å². The van der Waals surface area contributed by atoms with Crippen molar-refractivity contribution in [1.82, 2.24) is 20.4 Å². The van der Waals surface area contributed by atoms with Gasteiger partial charge in [-0.25, -0.2) is 0 Å². The first-order valence-electron chi connectivity index (χ1n) is 9.58. The number of carbonyl (C=O) groups excluding carboxylic acids is 1. The van der Waals surface area contributed by atoms with Crippen molar-refractivity contribution in [3.05, 3.63) is 29.6 Å². The van der Waals surface area contributed by atoms with Gasteiger partial charge in [0, 0.05) is 50.9 Å². The zero-order chi connectivity index (χ0) is 20.0. The van der Waals surface area contributed by atoms with Crippen LogP contribution in [0.1, 0.15) is 52.1 Å². The summed E-state index contributed by atoms with van der Waals surface area (Å²) in [4.78, 5) is 22.0. The number of aromatic nitrogens is 2. The number of hydrogen-bond donors (Lipinski definition) is 3. The predicted molar refractivity (Wildman–Crippen MR) is 104 cm³/mol. The second kappa shape index (κ2) is 9.17. The van der Waals surface area contributed by atoms with Gasteiger partial charge in [-0.15, -0.1) is 0 Å². The molecule has 27 heavy (non-hydrogen) atoms. The van der Waals surface area contributed by atoms with E-state index >= 15 is 0 Å². The largest absolute Gasteiger partial charge is 0.481 e. The first kappa shape index (κ1) is 21.2. The van der Waals surface area contributed by atoms with Crippen molar-refractivity contribution in [2.75, 3.05) is 6.54 Å². The Hall–Kier alpha value is -2.15. The van der Waals surface area contributed by atoms with Crippen LogP contribution in [0, 0.1) is 5.41 Å².